The maximum Gasteiger partial charge on any atom is 0.404 e. The van der Waals surface area contributed by atoms with Crippen molar-refractivity contribution >= 4 is 17.7 Å². The number of amides is 2. The topological polar surface area (TPSA) is 90.5 Å². The van der Waals surface area contributed by atoms with Crippen molar-refractivity contribution in [3.8, 4) is 0 Å². The van der Waals surface area contributed by atoms with Gasteiger partial charge in [-0.1, -0.05) is 36.4 Å². The summed E-state index contributed by atoms with van der Waals surface area (Å²) in [7, 11) is 0. The third-order valence-corrected chi connectivity index (χ3v) is 4.04. The molecule has 3 rings (SSSR count). The van der Waals surface area contributed by atoms with Crippen LogP contribution in [0.1, 0.15) is 22.7 Å². The predicted octanol–water partition coefficient (Wildman–Crippen LogP) is 2.28. The lowest BCUT2D eigenvalue weighted by molar-refractivity contribution is -0.118. The normalized spacial score (nSPS) is 16.1. The first-order chi connectivity index (χ1) is 11.6. The standard InChI is InChI=1S/C18H19N3O3/c22-17(16-15-4-2-1-3-13(15)9-10-19-16)21-14-7-5-12(6-8-14)11-20-18(23)24/h1-8,16,19-20H,9-11H2,(H,21,22)(H,23,24). The van der Waals surface area contributed by atoms with E-state index in [1.165, 1.54) is 5.56 Å². The molecule has 0 bridgehead atoms. The Bertz CT molecular complexity index is 743. The molecule has 0 spiro atoms. The summed E-state index contributed by atoms with van der Waals surface area (Å²) in [5.74, 6) is -0.0986. The summed E-state index contributed by atoms with van der Waals surface area (Å²) < 4.78 is 0. The van der Waals surface area contributed by atoms with Crippen LogP contribution in [0.15, 0.2) is 48.5 Å². The molecule has 1 aliphatic heterocycles. The maximum atomic E-state index is 12.6. The summed E-state index contributed by atoms with van der Waals surface area (Å²) in [5.41, 5.74) is 3.73. The fourth-order valence-electron chi connectivity index (χ4n) is 2.84. The zero-order valence-corrected chi connectivity index (χ0v) is 13.1. The van der Waals surface area contributed by atoms with Gasteiger partial charge in [-0.25, -0.2) is 4.79 Å². The first-order valence-corrected chi connectivity index (χ1v) is 7.81. The van der Waals surface area contributed by atoms with E-state index in [4.69, 9.17) is 5.11 Å². The van der Waals surface area contributed by atoms with Gasteiger partial charge in [0, 0.05) is 18.8 Å². The van der Waals surface area contributed by atoms with Gasteiger partial charge in [-0.2, -0.15) is 0 Å². The Balaban J connectivity index is 1.66. The number of carboxylic acid groups (broad SMARTS) is 1. The van der Waals surface area contributed by atoms with Crippen LogP contribution >= 0.6 is 0 Å². The second-order valence-electron chi connectivity index (χ2n) is 5.68. The van der Waals surface area contributed by atoms with E-state index < -0.39 is 6.09 Å². The quantitative estimate of drug-likeness (QED) is 0.694. The van der Waals surface area contributed by atoms with Crippen molar-refractivity contribution < 1.29 is 14.7 Å². The van der Waals surface area contributed by atoms with E-state index in [0.29, 0.717) is 5.69 Å². The van der Waals surface area contributed by atoms with E-state index in [2.05, 4.69) is 22.0 Å². The lowest BCUT2D eigenvalue weighted by Gasteiger charge is -2.26. The van der Waals surface area contributed by atoms with E-state index in [9.17, 15) is 9.59 Å². The highest BCUT2D eigenvalue weighted by molar-refractivity contribution is 5.96. The van der Waals surface area contributed by atoms with E-state index in [1.807, 2.05) is 18.2 Å². The Hall–Kier alpha value is -2.86. The minimum atomic E-state index is -1.06. The van der Waals surface area contributed by atoms with Gasteiger partial charge < -0.3 is 21.1 Å². The number of fused-ring (bicyclic) bond motifs is 1. The van der Waals surface area contributed by atoms with E-state index in [-0.39, 0.29) is 18.5 Å². The minimum absolute atomic E-state index is 0.0986. The molecule has 2 amide bonds. The number of carbonyl (C=O) groups excluding carboxylic acids is 1. The van der Waals surface area contributed by atoms with E-state index >= 15 is 0 Å². The molecule has 2 aromatic carbocycles. The van der Waals surface area contributed by atoms with Gasteiger partial charge >= 0.3 is 6.09 Å². The van der Waals surface area contributed by atoms with Crippen LogP contribution in [0.25, 0.3) is 0 Å². The van der Waals surface area contributed by atoms with Gasteiger partial charge in [0.25, 0.3) is 0 Å². The molecule has 0 aromatic heterocycles. The van der Waals surface area contributed by atoms with Crippen LogP contribution < -0.4 is 16.0 Å². The summed E-state index contributed by atoms with van der Waals surface area (Å²) >= 11 is 0. The summed E-state index contributed by atoms with van der Waals surface area (Å²) in [6.45, 7) is 1.01. The molecule has 0 aliphatic carbocycles. The molecule has 1 aliphatic rings. The molecule has 0 fully saturated rings. The lowest BCUT2D eigenvalue weighted by Crippen LogP contribution is -2.38. The van der Waals surface area contributed by atoms with Crippen LogP contribution in [0.5, 0.6) is 0 Å². The second-order valence-corrected chi connectivity index (χ2v) is 5.68. The highest BCUT2D eigenvalue weighted by Gasteiger charge is 2.25. The van der Waals surface area contributed by atoms with Crippen molar-refractivity contribution in [2.75, 3.05) is 11.9 Å². The van der Waals surface area contributed by atoms with Crippen molar-refractivity contribution in [3.05, 3.63) is 65.2 Å². The Kier molecular flexibility index (Phi) is 4.77. The van der Waals surface area contributed by atoms with Gasteiger partial charge in [0.05, 0.1) is 0 Å². The van der Waals surface area contributed by atoms with Crippen LogP contribution in [-0.4, -0.2) is 23.7 Å². The van der Waals surface area contributed by atoms with Crippen molar-refractivity contribution in [1.29, 1.82) is 0 Å². The molecule has 6 nitrogen and oxygen atoms in total. The van der Waals surface area contributed by atoms with Crippen LogP contribution in [0.2, 0.25) is 0 Å². The molecule has 124 valence electrons. The first kappa shape index (κ1) is 16.0. The Labute approximate surface area is 139 Å². The number of nitrogens with one attached hydrogen (secondary N) is 3. The Morgan fingerprint density at radius 2 is 1.88 bits per heavy atom. The van der Waals surface area contributed by atoms with Crippen LogP contribution in [0.4, 0.5) is 10.5 Å². The third kappa shape index (κ3) is 3.72. The summed E-state index contributed by atoms with van der Waals surface area (Å²) in [4.78, 5) is 23.1. The molecular weight excluding hydrogens is 306 g/mol. The smallest absolute Gasteiger partial charge is 0.404 e. The van der Waals surface area contributed by atoms with E-state index in [1.54, 1.807) is 24.3 Å². The molecule has 0 saturated heterocycles. The minimum Gasteiger partial charge on any atom is -0.465 e. The fraction of sp³-hybridized carbons (Fsp3) is 0.222. The highest BCUT2D eigenvalue weighted by Crippen LogP contribution is 2.24. The number of anilines is 1. The van der Waals surface area contributed by atoms with Gasteiger partial charge in [-0.3, -0.25) is 4.79 Å². The molecule has 0 saturated carbocycles. The maximum absolute atomic E-state index is 12.6. The molecule has 1 heterocycles. The zero-order chi connectivity index (χ0) is 16.9. The number of benzene rings is 2. The lowest BCUT2D eigenvalue weighted by atomic mass is 9.94. The molecule has 1 unspecified atom stereocenters. The molecule has 0 radical (unpaired) electrons. The van der Waals surface area contributed by atoms with Gasteiger partial charge in [0.15, 0.2) is 0 Å². The van der Waals surface area contributed by atoms with Gasteiger partial charge in [-0.05, 0) is 35.2 Å². The SMILES string of the molecule is O=C(O)NCc1ccc(NC(=O)C2NCCc3ccccc32)cc1. The van der Waals surface area contributed by atoms with Crippen molar-refractivity contribution in [1.82, 2.24) is 10.6 Å². The number of rotatable bonds is 4. The summed E-state index contributed by atoms with van der Waals surface area (Å²) in [6, 6.07) is 14.7. The summed E-state index contributed by atoms with van der Waals surface area (Å²) in [6.07, 6.45) is -0.139. The monoisotopic (exact) mass is 325 g/mol. The van der Waals surface area contributed by atoms with Gasteiger partial charge in [0.2, 0.25) is 5.91 Å². The van der Waals surface area contributed by atoms with Gasteiger partial charge in [-0.15, -0.1) is 0 Å². The zero-order valence-electron chi connectivity index (χ0n) is 13.1. The molecular formula is C18H19N3O3. The molecule has 24 heavy (non-hydrogen) atoms. The Morgan fingerprint density at radius 3 is 2.62 bits per heavy atom. The Morgan fingerprint density at radius 1 is 1.12 bits per heavy atom. The summed E-state index contributed by atoms with van der Waals surface area (Å²) in [5, 5.41) is 17.1. The highest BCUT2D eigenvalue weighted by atomic mass is 16.4. The van der Waals surface area contributed by atoms with Crippen LogP contribution in [0.3, 0.4) is 0 Å². The molecule has 1 atom stereocenters. The number of hydrogen-bond acceptors (Lipinski definition) is 3. The largest absolute Gasteiger partial charge is 0.465 e. The van der Waals surface area contributed by atoms with E-state index in [0.717, 1.165) is 24.1 Å². The molecule has 6 heteroatoms. The fourth-order valence-corrected chi connectivity index (χ4v) is 2.84. The van der Waals surface area contributed by atoms with Crippen molar-refractivity contribution in [2.45, 2.75) is 19.0 Å². The van der Waals surface area contributed by atoms with Crippen molar-refractivity contribution in [3.63, 3.8) is 0 Å². The molecule has 4 N–H and O–H groups in total. The second kappa shape index (κ2) is 7.14. The number of hydrogen-bond donors (Lipinski definition) is 4. The average Bonchev–Trinajstić information content (AvgIpc) is 2.60. The first-order valence-electron chi connectivity index (χ1n) is 7.81. The predicted molar refractivity (Wildman–Crippen MR) is 90.8 cm³/mol. The third-order valence-electron chi connectivity index (χ3n) is 4.04. The molecule has 2 aromatic rings. The van der Waals surface area contributed by atoms with Crippen LogP contribution in [0, 0.1) is 0 Å². The number of carbonyl (C=O) groups is 2. The van der Waals surface area contributed by atoms with Crippen LogP contribution in [-0.2, 0) is 17.8 Å². The average molecular weight is 325 g/mol. The van der Waals surface area contributed by atoms with Gasteiger partial charge in [0.1, 0.15) is 6.04 Å². The van der Waals surface area contributed by atoms with Crippen molar-refractivity contribution in [2.24, 2.45) is 0 Å².